The number of amides is 1. The number of aliphatic hydroxyl groups is 1. The van der Waals surface area contributed by atoms with Crippen LogP contribution in [0.3, 0.4) is 0 Å². The molecule has 3 aromatic rings. The maximum Gasteiger partial charge on any atom is 0.282 e. The highest BCUT2D eigenvalue weighted by Crippen LogP contribution is 2.57. The van der Waals surface area contributed by atoms with E-state index in [1.165, 1.54) is 22.9 Å². The molecule has 8 nitrogen and oxygen atoms in total. The van der Waals surface area contributed by atoms with Gasteiger partial charge in [-0.1, -0.05) is 0 Å². The summed E-state index contributed by atoms with van der Waals surface area (Å²) in [4.78, 5) is 17.7. The Balaban J connectivity index is 1.33. The molecule has 0 saturated heterocycles. The second-order valence-corrected chi connectivity index (χ2v) is 10.0. The van der Waals surface area contributed by atoms with Crippen molar-refractivity contribution in [3.05, 3.63) is 64.7 Å². The molecule has 2 heterocycles. The Labute approximate surface area is 211 Å². The molecule has 11 heteroatoms. The topological polar surface area (TPSA) is 109 Å². The number of alkyl halides is 2. The Morgan fingerprint density at radius 3 is 2.62 bits per heavy atom. The number of carbonyl (C=O) groups excluding carboxylic acids is 1. The third-order valence-electron chi connectivity index (χ3n) is 7.75. The zero-order valence-corrected chi connectivity index (χ0v) is 20.5. The number of nitrogens with zero attached hydrogens (tertiary/aromatic N) is 5. The van der Waals surface area contributed by atoms with Gasteiger partial charge in [0.2, 0.25) is 0 Å². The highest BCUT2D eigenvalue weighted by atomic mass is 19.3. The molecule has 0 aliphatic heterocycles. The molecular formula is C26H27F3N6O2. The SMILES string of the molecule is CCn1nc(C(F)F)cc1C1(O)CC2CC(c3ncn(C)c3C(=O)Nc3ccc(F)c(C#N)c3)CC2C1. The van der Waals surface area contributed by atoms with Gasteiger partial charge < -0.3 is 15.0 Å². The largest absolute Gasteiger partial charge is 0.384 e. The van der Waals surface area contributed by atoms with Crippen LogP contribution in [0, 0.1) is 29.0 Å². The highest BCUT2D eigenvalue weighted by molar-refractivity contribution is 6.04. The van der Waals surface area contributed by atoms with Crippen LogP contribution in [0.25, 0.3) is 0 Å². The summed E-state index contributed by atoms with van der Waals surface area (Å²) in [5.74, 6) is -0.772. The zero-order chi connectivity index (χ0) is 26.5. The summed E-state index contributed by atoms with van der Waals surface area (Å²) in [7, 11) is 1.72. The minimum atomic E-state index is -2.70. The standard InChI is InChI=1S/C26H27F3N6O2/c1-3-35-21(9-20(33-35)24(28)29)26(37)10-15-6-14(7-16(15)11-26)22-23(34(2)13-31-22)25(36)32-18-4-5-19(27)17(8-18)12-30/h4-5,8-9,13-16,24,37H,3,6-7,10-11H2,1-2H3,(H,32,36). The van der Waals surface area contributed by atoms with Crippen LogP contribution in [-0.4, -0.2) is 30.3 Å². The summed E-state index contributed by atoms with van der Waals surface area (Å²) in [6.45, 7) is 2.19. The van der Waals surface area contributed by atoms with Gasteiger partial charge >= 0.3 is 0 Å². The van der Waals surface area contributed by atoms with Crippen LogP contribution in [0.1, 0.15) is 78.1 Å². The van der Waals surface area contributed by atoms with Crippen molar-refractivity contribution in [3.8, 4) is 6.07 Å². The fourth-order valence-corrected chi connectivity index (χ4v) is 6.16. The minimum absolute atomic E-state index is 0.00269. The number of fused-ring (bicyclic) bond motifs is 1. The number of aryl methyl sites for hydroxylation is 2. The molecule has 1 aromatic carbocycles. The first-order valence-electron chi connectivity index (χ1n) is 12.2. The molecule has 37 heavy (non-hydrogen) atoms. The molecule has 2 N–H and O–H groups in total. The fraction of sp³-hybridized carbons (Fsp3) is 0.462. The second kappa shape index (κ2) is 9.34. The average molecular weight is 513 g/mol. The van der Waals surface area contributed by atoms with Crippen molar-refractivity contribution in [3.63, 3.8) is 0 Å². The summed E-state index contributed by atoms with van der Waals surface area (Å²) in [6.07, 6.45) is 1.16. The highest BCUT2D eigenvalue weighted by Gasteiger charge is 2.52. The van der Waals surface area contributed by atoms with Gasteiger partial charge in [0.15, 0.2) is 0 Å². The quantitative estimate of drug-likeness (QED) is 0.501. The predicted octanol–water partition coefficient (Wildman–Crippen LogP) is 4.63. The summed E-state index contributed by atoms with van der Waals surface area (Å²) in [5.41, 5.74) is 0.0655. The first kappa shape index (κ1) is 25.0. The molecule has 0 bridgehead atoms. The van der Waals surface area contributed by atoms with Crippen molar-refractivity contribution in [1.82, 2.24) is 19.3 Å². The molecule has 5 rings (SSSR count). The van der Waals surface area contributed by atoms with Crippen molar-refractivity contribution in [2.45, 2.75) is 57.1 Å². The van der Waals surface area contributed by atoms with Gasteiger partial charge in [-0.05, 0) is 68.7 Å². The van der Waals surface area contributed by atoms with Gasteiger partial charge in [0, 0.05) is 25.2 Å². The Bertz CT molecular complexity index is 1380. The number of anilines is 1. The molecular weight excluding hydrogens is 485 g/mol. The number of hydrogen-bond donors (Lipinski definition) is 2. The van der Waals surface area contributed by atoms with Crippen LogP contribution in [0.5, 0.6) is 0 Å². The van der Waals surface area contributed by atoms with Gasteiger partial charge in [-0.2, -0.15) is 10.4 Å². The molecule has 2 aliphatic carbocycles. The number of benzene rings is 1. The number of rotatable bonds is 6. The maximum atomic E-state index is 13.7. The first-order valence-corrected chi connectivity index (χ1v) is 12.2. The third-order valence-corrected chi connectivity index (χ3v) is 7.75. The molecule has 1 amide bonds. The second-order valence-electron chi connectivity index (χ2n) is 10.0. The van der Waals surface area contributed by atoms with Crippen molar-refractivity contribution in [2.75, 3.05) is 5.32 Å². The average Bonchev–Trinajstić information content (AvgIpc) is 3.61. The lowest BCUT2D eigenvalue weighted by atomic mass is 9.90. The van der Waals surface area contributed by atoms with Gasteiger partial charge in [0.05, 0.1) is 23.3 Å². The van der Waals surface area contributed by atoms with Gasteiger partial charge in [-0.15, -0.1) is 0 Å². The van der Waals surface area contributed by atoms with E-state index in [-0.39, 0.29) is 29.0 Å². The molecule has 2 aliphatic rings. The lowest BCUT2D eigenvalue weighted by Crippen LogP contribution is -2.27. The van der Waals surface area contributed by atoms with E-state index < -0.39 is 23.8 Å². The lowest BCUT2D eigenvalue weighted by Gasteiger charge is -2.25. The first-order chi connectivity index (χ1) is 17.6. The Morgan fingerprint density at radius 1 is 1.30 bits per heavy atom. The van der Waals surface area contributed by atoms with E-state index in [4.69, 9.17) is 5.26 Å². The van der Waals surface area contributed by atoms with E-state index in [1.54, 1.807) is 24.0 Å². The molecule has 0 spiro atoms. The van der Waals surface area contributed by atoms with Crippen LogP contribution < -0.4 is 5.32 Å². The Morgan fingerprint density at radius 2 is 2.00 bits per heavy atom. The van der Waals surface area contributed by atoms with E-state index in [2.05, 4.69) is 15.4 Å². The van der Waals surface area contributed by atoms with Crippen LogP contribution in [0.4, 0.5) is 18.9 Å². The van der Waals surface area contributed by atoms with Gasteiger partial charge in [0.1, 0.15) is 28.9 Å². The number of nitriles is 1. The molecule has 2 aromatic heterocycles. The molecule has 194 valence electrons. The number of aromatic nitrogens is 4. The summed E-state index contributed by atoms with van der Waals surface area (Å²) < 4.78 is 43.3. The smallest absolute Gasteiger partial charge is 0.282 e. The van der Waals surface area contributed by atoms with E-state index >= 15 is 0 Å². The summed E-state index contributed by atoms with van der Waals surface area (Å²) >= 11 is 0. The van der Waals surface area contributed by atoms with Crippen LogP contribution in [0.15, 0.2) is 30.6 Å². The number of nitrogens with one attached hydrogen (secondary N) is 1. The number of carbonyl (C=O) groups is 1. The summed E-state index contributed by atoms with van der Waals surface area (Å²) in [6, 6.07) is 6.89. The number of hydrogen-bond acceptors (Lipinski definition) is 5. The normalized spacial score (nSPS) is 24.9. The van der Waals surface area contributed by atoms with Gasteiger partial charge in [-0.3, -0.25) is 9.48 Å². The van der Waals surface area contributed by atoms with Crippen LogP contribution >= 0.6 is 0 Å². The monoisotopic (exact) mass is 512 g/mol. The van der Waals surface area contributed by atoms with E-state index in [0.29, 0.717) is 55.0 Å². The van der Waals surface area contributed by atoms with Gasteiger partial charge in [-0.25, -0.2) is 18.2 Å². The van der Waals surface area contributed by atoms with Gasteiger partial charge in [0.25, 0.3) is 12.3 Å². The van der Waals surface area contributed by atoms with E-state index in [1.807, 2.05) is 6.92 Å². The predicted molar refractivity (Wildman–Crippen MR) is 127 cm³/mol. The molecule has 2 fully saturated rings. The van der Waals surface area contributed by atoms with E-state index in [9.17, 15) is 23.1 Å². The van der Waals surface area contributed by atoms with Crippen molar-refractivity contribution in [1.29, 1.82) is 5.26 Å². The number of imidazole rings is 1. The molecule has 0 radical (unpaired) electrons. The lowest BCUT2D eigenvalue weighted by molar-refractivity contribution is 0.0255. The Hall–Kier alpha value is -3.65. The number of halogens is 3. The van der Waals surface area contributed by atoms with Crippen LogP contribution in [-0.2, 0) is 19.2 Å². The zero-order valence-electron chi connectivity index (χ0n) is 20.5. The fourth-order valence-electron chi connectivity index (χ4n) is 6.16. The van der Waals surface area contributed by atoms with E-state index in [0.717, 1.165) is 6.07 Å². The maximum absolute atomic E-state index is 13.7. The van der Waals surface area contributed by atoms with Crippen molar-refractivity contribution in [2.24, 2.45) is 18.9 Å². The molecule has 2 saturated carbocycles. The van der Waals surface area contributed by atoms with Crippen molar-refractivity contribution < 1.29 is 23.1 Å². The molecule has 2 unspecified atom stereocenters. The third kappa shape index (κ3) is 4.39. The van der Waals surface area contributed by atoms with Crippen molar-refractivity contribution >= 4 is 11.6 Å². The minimum Gasteiger partial charge on any atom is -0.384 e. The summed E-state index contributed by atoms with van der Waals surface area (Å²) in [5, 5.41) is 27.2. The van der Waals surface area contributed by atoms with Crippen LogP contribution in [0.2, 0.25) is 0 Å². The molecule has 2 atom stereocenters. The Kier molecular flexibility index (Phi) is 6.31.